The molecule has 0 aliphatic heterocycles. The van der Waals surface area contributed by atoms with Crippen LogP contribution in [0.5, 0.6) is 5.75 Å². The van der Waals surface area contributed by atoms with Crippen molar-refractivity contribution in [3.8, 4) is 5.75 Å². The summed E-state index contributed by atoms with van der Waals surface area (Å²) < 4.78 is 44.3. The zero-order chi connectivity index (χ0) is 16.9. The van der Waals surface area contributed by atoms with Crippen LogP contribution < -0.4 is 10.1 Å². The lowest BCUT2D eigenvalue weighted by Gasteiger charge is -2.23. The molecule has 124 valence electrons. The maximum absolute atomic E-state index is 13.1. The number of nitrogens with one attached hydrogen (secondary N) is 1. The molecule has 22 heavy (non-hydrogen) atoms. The average Bonchev–Trinajstić information content (AvgIpc) is 2.43. The van der Waals surface area contributed by atoms with E-state index in [-0.39, 0.29) is 17.9 Å². The van der Waals surface area contributed by atoms with E-state index < -0.39 is 24.2 Å². The number of amides is 1. The average molecular weight is 319 g/mol. The highest BCUT2D eigenvalue weighted by Gasteiger charge is 2.42. The topological polar surface area (TPSA) is 58.6 Å². The van der Waals surface area contributed by atoms with Crippen LogP contribution in [-0.2, 0) is 4.79 Å². The van der Waals surface area contributed by atoms with Gasteiger partial charge in [-0.2, -0.15) is 13.2 Å². The highest BCUT2D eigenvalue weighted by molar-refractivity contribution is 5.77. The molecular formula is C15H20F3NO3. The van der Waals surface area contributed by atoms with E-state index in [1.54, 1.807) is 13.8 Å². The van der Waals surface area contributed by atoms with E-state index >= 15 is 0 Å². The molecule has 2 N–H and O–H groups in total. The number of halogens is 3. The molecule has 0 aromatic heterocycles. The lowest BCUT2D eigenvalue weighted by Crippen LogP contribution is -2.39. The van der Waals surface area contributed by atoms with Gasteiger partial charge in [0, 0.05) is 0 Å². The predicted octanol–water partition coefficient (Wildman–Crippen LogP) is 2.82. The molecule has 0 saturated carbocycles. The number of hydrogen-bond acceptors (Lipinski definition) is 3. The summed E-state index contributed by atoms with van der Waals surface area (Å²) in [4.78, 5) is 11.7. The molecule has 0 heterocycles. The summed E-state index contributed by atoms with van der Waals surface area (Å²) >= 11 is 0. The highest BCUT2D eigenvalue weighted by atomic mass is 19.4. The van der Waals surface area contributed by atoms with E-state index in [0.29, 0.717) is 5.75 Å². The Kier molecular flexibility index (Phi) is 6.22. The second kappa shape index (κ2) is 7.49. The fraction of sp³-hybridized carbons (Fsp3) is 0.533. The normalized spacial score (nSPS) is 14.5. The van der Waals surface area contributed by atoms with Crippen LogP contribution in [0.2, 0.25) is 0 Å². The van der Waals surface area contributed by atoms with Gasteiger partial charge in [0.15, 0.2) is 6.04 Å². The number of aliphatic hydroxyl groups is 1. The van der Waals surface area contributed by atoms with E-state index in [2.05, 4.69) is 0 Å². The number of hydrogen-bond donors (Lipinski definition) is 2. The van der Waals surface area contributed by atoms with E-state index in [9.17, 15) is 23.1 Å². The lowest BCUT2D eigenvalue weighted by molar-refractivity contribution is -0.164. The fourth-order valence-electron chi connectivity index (χ4n) is 1.80. The molecule has 0 spiro atoms. The van der Waals surface area contributed by atoms with Crippen molar-refractivity contribution >= 4 is 5.91 Å². The second-order valence-corrected chi connectivity index (χ2v) is 5.33. The lowest BCUT2D eigenvalue weighted by atomic mass is 10.0. The smallest absolute Gasteiger partial charge is 0.412 e. The molecule has 0 fully saturated rings. The third-order valence-electron chi connectivity index (χ3n) is 3.25. The minimum atomic E-state index is -4.63. The summed E-state index contributed by atoms with van der Waals surface area (Å²) in [7, 11) is 1.41. The maximum Gasteiger partial charge on any atom is 0.412 e. The van der Waals surface area contributed by atoms with Gasteiger partial charge in [-0.1, -0.05) is 26.0 Å². The van der Waals surface area contributed by atoms with Gasteiger partial charge in [-0.3, -0.25) is 4.79 Å². The molecule has 0 bridgehead atoms. The molecule has 1 aromatic rings. The number of alkyl halides is 3. The summed E-state index contributed by atoms with van der Waals surface area (Å²) in [6, 6.07) is 3.16. The van der Waals surface area contributed by atoms with Gasteiger partial charge in [-0.25, -0.2) is 0 Å². The third kappa shape index (κ3) is 5.22. The number of rotatable bonds is 6. The van der Waals surface area contributed by atoms with Gasteiger partial charge in [-0.05, 0) is 23.6 Å². The van der Waals surface area contributed by atoms with Gasteiger partial charge in [0.25, 0.3) is 0 Å². The van der Waals surface area contributed by atoms with E-state index in [4.69, 9.17) is 4.74 Å². The summed E-state index contributed by atoms with van der Waals surface area (Å²) in [5.74, 6) is -0.637. The second-order valence-electron chi connectivity index (χ2n) is 5.33. The summed E-state index contributed by atoms with van der Waals surface area (Å²) in [6.07, 6.45) is -5.99. The Bertz CT molecular complexity index is 486. The molecule has 7 heteroatoms. The zero-order valence-electron chi connectivity index (χ0n) is 12.6. The van der Waals surface area contributed by atoms with Crippen molar-refractivity contribution in [1.29, 1.82) is 0 Å². The Morgan fingerprint density at radius 1 is 1.27 bits per heavy atom. The molecule has 0 radical (unpaired) electrons. The van der Waals surface area contributed by atoms with E-state index in [1.165, 1.54) is 31.4 Å². The SMILES string of the molecule is COc1ccc(C(NC(=O)CC(O)C(C)C)C(F)(F)F)cc1. The van der Waals surface area contributed by atoms with E-state index in [0.717, 1.165) is 0 Å². The van der Waals surface area contributed by atoms with Gasteiger partial charge in [0.2, 0.25) is 5.91 Å². The number of ether oxygens (including phenoxy) is 1. The largest absolute Gasteiger partial charge is 0.497 e. The van der Waals surface area contributed by atoms with Gasteiger partial charge >= 0.3 is 6.18 Å². The van der Waals surface area contributed by atoms with Crippen LogP contribution in [0.3, 0.4) is 0 Å². The first-order chi connectivity index (χ1) is 10.1. The van der Waals surface area contributed by atoms with Gasteiger partial charge in [0.1, 0.15) is 5.75 Å². The van der Waals surface area contributed by atoms with Crippen LogP contribution in [0.25, 0.3) is 0 Å². The Morgan fingerprint density at radius 2 is 1.82 bits per heavy atom. The predicted molar refractivity (Wildman–Crippen MR) is 75.4 cm³/mol. The van der Waals surface area contributed by atoms with Crippen molar-refractivity contribution in [3.63, 3.8) is 0 Å². The van der Waals surface area contributed by atoms with Crippen LogP contribution in [0.1, 0.15) is 31.9 Å². The van der Waals surface area contributed by atoms with Gasteiger partial charge in [-0.15, -0.1) is 0 Å². The molecule has 1 amide bonds. The highest BCUT2D eigenvalue weighted by Crippen LogP contribution is 2.33. The molecule has 1 rings (SSSR count). The Balaban J connectivity index is 2.87. The Morgan fingerprint density at radius 3 is 2.23 bits per heavy atom. The molecule has 0 aliphatic carbocycles. The number of carbonyl (C=O) groups is 1. The maximum atomic E-state index is 13.1. The molecule has 0 aliphatic rings. The summed E-state index contributed by atoms with van der Waals surface area (Å²) in [6.45, 7) is 3.37. The molecule has 1 aromatic carbocycles. The third-order valence-corrected chi connectivity index (χ3v) is 3.25. The molecular weight excluding hydrogens is 299 g/mol. The summed E-state index contributed by atoms with van der Waals surface area (Å²) in [5.41, 5.74) is -0.0966. The minimum absolute atomic E-state index is 0.0966. The van der Waals surface area contributed by atoms with Crippen LogP contribution in [0, 0.1) is 5.92 Å². The first-order valence-corrected chi connectivity index (χ1v) is 6.83. The van der Waals surface area contributed by atoms with E-state index in [1.807, 2.05) is 5.32 Å². The number of benzene rings is 1. The first-order valence-electron chi connectivity index (χ1n) is 6.83. The Hall–Kier alpha value is -1.76. The zero-order valence-corrected chi connectivity index (χ0v) is 12.6. The van der Waals surface area contributed by atoms with Crippen LogP contribution in [-0.4, -0.2) is 30.4 Å². The number of carbonyl (C=O) groups excluding carboxylic acids is 1. The monoisotopic (exact) mass is 319 g/mol. The van der Waals surface area contributed by atoms with Gasteiger partial charge < -0.3 is 15.2 Å². The Labute approximate surface area is 127 Å². The molecule has 2 unspecified atom stereocenters. The fourth-order valence-corrected chi connectivity index (χ4v) is 1.80. The number of methoxy groups -OCH3 is 1. The number of aliphatic hydroxyl groups excluding tert-OH is 1. The van der Waals surface area contributed by atoms with Crippen molar-refractivity contribution in [1.82, 2.24) is 5.32 Å². The molecule has 2 atom stereocenters. The van der Waals surface area contributed by atoms with Gasteiger partial charge in [0.05, 0.1) is 19.6 Å². The van der Waals surface area contributed by atoms with Crippen LogP contribution in [0.4, 0.5) is 13.2 Å². The van der Waals surface area contributed by atoms with Crippen molar-refractivity contribution < 1.29 is 27.8 Å². The molecule has 4 nitrogen and oxygen atoms in total. The van der Waals surface area contributed by atoms with Crippen LogP contribution in [0.15, 0.2) is 24.3 Å². The van der Waals surface area contributed by atoms with Crippen molar-refractivity contribution in [2.75, 3.05) is 7.11 Å². The minimum Gasteiger partial charge on any atom is -0.497 e. The van der Waals surface area contributed by atoms with Crippen molar-refractivity contribution in [2.45, 2.75) is 38.6 Å². The molecule has 0 saturated heterocycles. The van der Waals surface area contributed by atoms with Crippen molar-refractivity contribution in [3.05, 3.63) is 29.8 Å². The quantitative estimate of drug-likeness (QED) is 0.848. The van der Waals surface area contributed by atoms with Crippen molar-refractivity contribution in [2.24, 2.45) is 5.92 Å². The first kappa shape index (κ1) is 18.3. The van der Waals surface area contributed by atoms with Crippen LogP contribution >= 0.6 is 0 Å². The summed E-state index contributed by atoms with van der Waals surface area (Å²) in [5, 5.41) is 11.5. The standard InChI is InChI=1S/C15H20F3NO3/c1-9(2)12(20)8-13(21)19-14(15(16,17)18)10-4-6-11(22-3)7-5-10/h4-7,9,12,14,20H,8H2,1-3H3,(H,19,21).